The maximum Gasteiger partial charge on any atom is 0.237 e. The largest absolute Gasteiger partial charge is 0.489 e. The molecule has 1 saturated heterocycles. The Hall–Kier alpha value is -1.85. The van der Waals surface area contributed by atoms with Crippen molar-refractivity contribution in [3.63, 3.8) is 0 Å². The fourth-order valence-corrected chi connectivity index (χ4v) is 2.99. The van der Waals surface area contributed by atoms with E-state index >= 15 is 0 Å². The first kappa shape index (κ1) is 14.1. The highest BCUT2D eigenvalue weighted by Gasteiger charge is 2.34. The van der Waals surface area contributed by atoms with Crippen LogP contribution in [0.15, 0.2) is 29.8 Å². The molecule has 5 nitrogen and oxygen atoms in total. The van der Waals surface area contributed by atoms with Gasteiger partial charge in [0, 0.05) is 18.7 Å². The Kier molecular flexibility index (Phi) is 3.94. The normalized spacial score (nSPS) is 25.7. The minimum absolute atomic E-state index is 0.173. The fraction of sp³-hybridized carbons (Fsp3) is 0.438. The van der Waals surface area contributed by atoms with Crippen molar-refractivity contribution in [3.8, 4) is 5.75 Å². The molecule has 0 saturated carbocycles. The van der Waals surface area contributed by atoms with Crippen LogP contribution in [0, 0.1) is 0 Å². The monoisotopic (exact) mass is 288 g/mol. The van der Waals surface area contributed by atoms with Gasteiger partial charge in [-0.15, -0.1) is 0 Å². The molecule has 5 heteroatoms. The predicted molar refractivity (Wildman–Crippen MR) is 79.9 cm³/mol. The number of nitrogens with two attached hydrogens (primary N) is 1. The molecule has 0 aliphatic carbocycles. The fourth-order valence-electron chi connectivity index (χ4n) is 2.99. The van der Waals surface area contributed by atoms with E-state index in [1.165, 1.54) is 0 Å². The van der Waals surface area contributed by atoms with Gasteiger partial charge < -0.3 is 15.2 Å². The third kappa shape index (κ3) is 2.94. The van der Waals surface area contributed by atoms with Crippen molar-refractivity contribution in [1.82, 2.24) is 4.90 Å². The van der Waals surface area contributed by atoms with Gasteiger partial charge in [0.2, 0.25) is 5.91 Å². The first-order valence-corrected chi connectivity index (χ1v) is 7.21. The number of ether oxygens (including phenoxy) is 2. The summed E-state index contributed by atoms with van der Waals surface area (Å²) < 4.78 is 11.3. The molecule has 1 amide bonds. The maximum absolute atomic E-state index is 11.7. The van der Waals surface area contributed by atoms with E-state index in [1.54, 1.807) is 0 Å². The number of hydrogen-bond donors (Lipinski definition) is 1. The number of fused-ring (bicyclic) bond motifs is 1. The number of nitrogens with zero attached hydrogens (tertiary/aromatic N) is 1. The summed E-state index contributed by atoms with van der Waals surface area (Å²) in [6, 6.07) is 7.57. The second-order valence-corrected chi connectivity index (χ2v) is 5.52. The summed E-state index contributed by atoms with van der Waals surface area (Å²) in [5.41, 5.74) is 7.74. The first-order valence-electron chi connectivity index (χ1n) is 7.21. The molecular weight excluding hydrogens is 268 g/mol. The van der Waals surface area contributed by atoms with Crippen LogP contribution in [0.3, 0.4) is 0 Å². The molecule has 2 heterocycles. The van der Waals surface area contributed by atoms with E-state index in [0.717, 1.165) is 16.9 Å². The molecule has 112 valence electrons. The summed E-state index contributed by atoms with van der Waals surface area (Å²) >= 11 is 0. The quantitative estimate of drug-likeness (QED) is 0.902. The van der Waals surface area contributed by atoms with Gasteiger partial charge in [-0.2, -0.15) is 0 Å². The number of para-hydroxylation sites is 1. The number of amides is 1. The Balaban J connectivity index is 1.77. The zero-order valence-electron chi connectivity index (χ0n) is 12.1. The third-order valence-electron chi connectivity index (χ3n) is 3.99. The van der Waals surface area contributed by atoms with E-state index < -0.39 is 0 Å². The van der Waals surface area contributed by atoms with Crippen molar-refractivity contribution < 1.29 is 14.3 Å². The van der Waals surface area contributed by atoms with Crippen LogP contribution in [0.5, 0.6) is 5.75 Å². The lowest BCUT2D eigenvalue weighted by Gasteiger charge is -2.38. The van der Waals surface area contributed by atoms with Crippen LogP contribution in [-0.4, -0.2) is 49.3 Å². The van der Waals surface area contributed by atoms with Gasteiger partial charge in [-0.25, -0.2) is 0 Å². The maximum atomic E-state index is 11.7. The molecule has 1 aromatic rings. The second-order valence-electron chi connectivity index (χ2n) is 5.52. The van der Waals surface area contributed by atoms with Gasteiger partial charge in [0.15, 0.2) is 0 Å². The van der Waals surface area contributed by atoms with E-state index in [1.807, 2.05) is 31.2 Å². The zero-order chi connectivity index (χ0) is 14.8. The standard InChI is InChI=1S/C16H20N2O3/c1-11-15(16(17)19)18(6-7-20-11)9-12-8-13-4-2-3-5-14(13)21-10-12/h2-5,8,11,15H,6-7,9-10H2,1H3,(H2,17,19)/t11-,15+/m1/s1. The number of rotatable bonds is 3. The molecule has 1 fully saturated rings. The van der Waals surface area contributed by atoms with E-state index in [0.29, 0.717) is 26.3 Å². The summed E-state index contributed by atoms with van der Waals surface area (Å²) in [7, 11) is 0. The number of carbonyl (C=O) groups is 1. The second kappa shape index (κ2) is 5.87. The first-order chi connectivity index (χ1) is 10.1. The Bertz CT molecular complexity index is 570. The van der Waals surface area contributed by atoms with Crippen LogP contribution < -0.4 is 10.5 Å². The Morgan fingerprint density at radius 2 is 2.24 bits per heavy atom. The molecule has 0 radical (unpaired) electrons. The number of benzene rings is 1. The lowest BCUT2D eigenvalue weighted by molar-refractivity contribution is -0.135. The molecule has 0 unspecified atom stereocenters. The van der Waals surface area contributed by atoms with Crippen molar-refractivity contribution in [2.45, 2.75) is 19.1 Å². The summed E-state index contributed by atoms with van der Waals surface area (Å²) in [6.45, 7) is 4.44. The van der Waals surface area contributed by atoms with Crippen molar-refractivity contribution in [1.29, 1.82) is 0 Å². The molecule has 2 aliphatic rings. The van der Waals surface area contributed by atoms with Crippen molar-refractivity contribution in [3.05, 3.63) is 35.4 Å². The smallest absolute Gasteiger partial charge is 0.237 e. The molecule has 21 heavy (non-hydrogen) atoms. The average molecular weight is 288 g/mol. The number of morpholine rings is 1. The van der Waals surface area contributed by atoms with E-state index in [-0.39, 0.29) is 18.1 Å². The number of primary amides is 1. The average Bonchev–Trinajstić information content (AvgIpc) is 2.47. The Labute approximate surface area is 124 Å². The highest BCUT2D eigenvalue weighted by atomic mass is 16.5. The molecule has 0 aromatic heterocycles. The van der Waals surface area contributed by atoms with Crippen LogP contribution in [0.2, 0.25) is 0 Å². The third-order valence-corrected chi connectivity index (χ3v) is 3.99. The summed E-state index contributed by atoms with van der Waals surface area (Å²) in [5, 5.41) is 0. The molecule has 0 bridgehead atoms. The van der Waals surface area contributed by atoms with Gasteiger partial charge in [0.25, 0.3) is 0 Å². The van der Waals surface area contributed by atoms with Gasteiger partial charge in [0.05, 0.1) is 12.7 Å². The highest BCUT2D eigenvalue weighted by Crippen LogP contribution is 2.26. The van der Waals surface area contributed by atoms with Crippen molar-refractivity contribution in [2.75, 3.05) is 26.3 Å². The summed E-state index contributed by atoms with van der Waals surface area (Å²) in [4.78, 5) is 13.7. The minimum atomic E-state index is -0.378. The van der Waals surface area contributed by atoms with Gasteiger partial charge in [-0.05, 0) is 24.6 Å². The Morgan fingerprint density at radius 3 is 3.05 bits per heavy atom. The van der Waals surface area contributed by atoms with Crippen molar-refractivity contribution in [2.24, 2.45) is 5.73 Å². The van der Waals surface area contributed by atoms with Gasteiger partial charge in [-0.3, -0.25) is 9.69 Å². The zero-order valence-corrected chi connectivity index (χ0v) is 12.1. The number of hydrogen-bond acceptors (Lipinski definition) is 4. The molecular formula is C16H20N2O3. The lowest BCUT2D eigenvalue weighted by atomic mass is 10.0. The van der Waals surface area contributed by atoms with Crippen molar-refractivity contribution >= 4 is 12.0 Å². The van der Waals surface area contributed by atoms with E-state index in [9.17, 15) is 4.79 Å². The van der Waals surface area contributed by atoms with Gasteiger partial charge >= 0.3 is 0 Å². The topological polar surface area (TPSA) is 64.8 Å². The summed E-state index contributed by atoms with van der Waals surface area (Å²) in [5.74, 6) is 0.572. The van der Waals surface area contributed by atoms with Crippen LogP contribution >= 0.6 is 0 Å². The van der Waals surface area contributed by atoms with Crippen LogP contribution in [0.1, 0.15) is 12.5 Å². The van der Waals surface area contributed by atoms with Gasteiger partial charge in [0.1, 0.15) is 18.4 Å². The molecule has 2 aliphatic heterocycles. The lowest BCUT2D eigenvalue weighted by Crippen LogP contribution is -2.57. The van der Waals surface area contributed by atoms with Crippen LogP contribution in [0.4, 0.5) is 0 Å². The molecule has 3 rings (SSSR count). The molecule has 0 spiro atoms. The highest BCUT2D eigenvalue weighted by molar-refractivity contribution is 5.80. The summed E-state index contributed by atoms with van der Waals surface area (Å²) in [6.07, 6.45) is 1.96. The molecule has 2 N–H and O–H groups in total. The minimum Gasteiger partial charge on any atom is -0.489 e. The van der Waals surface area contributed by atoms with E-state index in [2.05, 4.69) is 11.0 Å². The SMILES string of the molecule is C[C@H]1OCCN(CC2=Cc3ccccc3OC2)[C@@H]1C(N)=O. The molecule has 2 atom stereocenters. The Morgan fingerprint density at radius 1 is 1.43 bits per heavy atom. The molecule has 1 aromatic carbocycles. The van der Waals surface area contributed by atoms with Gasteiger partial charge in [-0.1, -0.05) is 18.2 Å². The van der Waals surface area contributed by atoms with E-state index in [4.69, 9.17) is 15.2 Å². The van der Waals surface area contributed by atoms with Crippen LogP contribution in [-0.2, 0) is 9.53 Å². The van der Waals surface area contributed by atoms with Crippen LogP contribution in [0.25, 0.3) is 6.08 Å². The predicted octanol–water partition coefficient (Wildman–Crippen LogP) is 1.04. The number of carbonyl (C=O) groups excluding carboxylic acids is 1.